The second kappa shape index (κ2) is 7.07. The maximum atomic E-state index is 10.9. The molecule has 0 aliphatic carbocycles. The fourth-order valence-corrected chi connectivity index (χ4v) is 3.08. The lowest BCUT2D eigenvalue weighted by molar-refractivity contribution is -0.384. The van der Waals surface area contributed by atoms with Crippen LogP contribution in [-0.4, -0.2) is 29.5 Å². The molecule has 0 amide bonds. The van der Waals surface area contributed by atoms with Crippen LogP contribution in [0.25, 0.3) is 17.1 Å². The van der Waals surface area contributed by atoms with Gasteiger partial charge in [0.05, 0.1) is 22.8 Å². The second-order valence-electron chi connectivity index (χ2n) is 6.58. The lowest BCUT2D eigenvalue weighted by atomic mass is 10.2. The highest BCUT2D eigenvalue weighted by molar-refractivity contribution is 5.58. The highest BCUT2D eigenvalue weighted by Gasteiger charge is 2.11. The van der Waals surface area contributed by atoms with E-state index < -0.39 is 4.92 Å². The Bertz CT molecular complexity index is 1140. The first-order chi connectivity index (χ1) is 13.5. The quantitative estimate of drug-likeness (QED) is 0.392. The number of aryl methyl sites for hydroxylation is 2. The number of nitro groups is 1. The monoisotopic (exact) mass is 374 g/mol. The number of nitro benzene ring substituents is 1. The van der Waals surface area contributed by atoms with E-state index in [0.29, 0.717) is 17.9 Å². The van der Waals surface area contributed by atoms with Crippen molar-refractivity contribution in [1.29, 1.82) is 0 Å². The molecule has 8 nitrogen and oxygen atoms in total. The summed E-state index contributed by atoms with van der Waals surface area (Å²) >= 11 is 0. The van der Waals surface area contributed by atoms with E-state index in [1.165, 1.54) is 12.1 Å². The Balaban J connectivity index is 1.52. The summed E-state index contributed by atoms with van der Waals surface area (Å²) in [7, 11) is 0. The molecule has 0 unspecified atom stereocenters. The molecule has 2 aromatic carbocycles. The topological polar surface area (TPSA) is 91.7 Å². The first-order valence-corrected chi connectivity index (χ1v) is 8.76. The van der Waals surface area contributed by atoms with E-state index >= 15 is 0 Å². The van der Waals surface area contributed by atoms with Gasteiger partial charge in [-0.3, -0.25) is 10.1 Å². The van der Waals surface area contributed by atoms with Crippen LogP contribution in [-0.2, 0) is 6.54 Å². The zero-order valence-electron chi connectivity index (χ0n) is 15.5. The molecule has 4 rings (SSSR count). The molecule has 2 aromatic heterocycles. The van der Waals surface area contributed by atoms with Gasteiger partial charge in [0, 0.05) is 23.4 Å². The zero-order valence-corrected chi connectivity index (χ0v) is 15.5. The molecule has 0 aliphatic heterocycles. The van der Waals surface area contributed by atoms with Crippen molar-refractivity contribution in [2.45, 2.75) is 20.4 Å². The number of benzene rings is 2. The Morgan fingerprint density at radius 1 is 1.04 bits per heavy atom. The van der Waals surface area contributed by atoms with E-state index in [-0.39, 0.29) is 5.69 Å². The molecule has 2 heterocycles. The van der Waals surface area contributed by atoms with Crippen molar-refractivity contribution >= 4 is 5.69 Å². The minimum absolute atomic E-state index is 0.0218. The predicted octanol–water partition coefficient (Wildman–Crippen LogP) is 3.70. The van der Waals surface area contributed by atoms with Crippen LogP contribution in [0.4, 0.5) is 5.69 Å². The van der Waals surface area contributed by atoms with Crippen LogP contribution in [0.1, 0.15) is 17.0 Å². The number of aromatic nitrogens is 5. The van der Waals surface area contributed by atoms with Gasteiger partial charge in [0.2, 0.25) is 0 Å². The van der Waals surface area contributed by atoms with Crippen molar-refractivity contribution in [1.82, 2.24) is 24.5 Å². The lowest BCUT2D eigenvalue weighted by Crippen LogP contribution is -2.02. The molecule has 0 atom stereocenters. The number of nitrogens with zero attached hydrogens (tertiary/aromatic N) is 6. The number of hydrogen-bond acceptors (Lipinski definition) is 5. The summed E-state index contributed by atoms with van der Waals surface area (Å²) in [6, 6.07) is 16.5. The van der Waals surface area contributed by atoms with Crippen molar-refractivity contribution in [3.8, 4) is 17.1 Å². The van der Waals surface area contributed by atoms with Crippen LogP contribution in [0.3, 0.4) is 0 Å². The van der Waals surface area contributed by atoms with Crippen LogP contribution in [0, 0.1) is 24.0 Å². The van der Waals surface area contributed by atoms with Gasteiger partial charge in [0.15, 0.2) is 5.82 Å². The van der Waals surface area contributed by atoms with Crippen LogP contribution in [0.15, 0.2) is 60.9 Å². The fourth-order valence-electron chi connectivity index (χ4n) is 3.08. The van der Waals surface area contributed by atoms with Crippen molar-refractivity contribution in [3.63, 3.8) is 0 Å². The molecule has 0 spiro atoms. The molecular formula is C20H18N6O2. The van der Waals surface area contributed by atoms with E-state index in [1.54, 1.807) is 23.1 Å². The number of rotatable bonds is 5. The van der Waals surface area contributed by atoms with Crippen LogP contribution >= 0.6 is 0 Å². The SMILES string of the molecule is Cc1cc(C)n(-c2ccc(Cn3cnc(-c4cccc([N+](=O)[O-])c4)n3)cc2)n1. The van der Waals surface area contributed by atoms with E-state index in [9.17, 15) is 10.1 Å². The minimum Gasteiger partial charge on any atom is -0.258 e. The fraction of sp³-hybridized carbons (Fsp3) is 0.150. The predicted molar refractivity (Wildman–Crippen MR) is 104 cm³/mol. The van der Waals surface area contributed by atoms with Gasteiger partial charge < -0.3 is 0 Å². The third-order valence-electron chi connectivity index (χ3n) is 4.39. The first kappa shape index (κ1) is 17.6. The average molecular weight is 374 g/mol. The first-order valence-electron chi connectivity index (χ1n) is 8.76. The van der Waals surface area contributed by atoms with Crippen LogP contribution in [0.2, 0.25) is 0 Å². The van der Waals surface area contributed by atoms with Gasteiger partial charge in [-0.1, -0.05) is 24.3 Å². The summed E-state index contributed by atoms with van der Waals surface area (Å²) in [5.41, 5.74) is 4.79. The molecule has 0 saturated carbocycles. The van der Waals surface area contributed by atoms with Gasteiger partial charge in [-0.2, -0.15) is 10.2 Å². The van der Waals surface area contributed by atoms with Crippen molar-refractivity contribution in [2.75, 3.05) is 0 Å². The molecule has 140 valence electrons. The Labute approximate surface area is 161 Å². The molecule has 0 fully saturated rings. The molecule has 0 aliphatic rings. The van der Waals surface area contributed by atoms with Crippen molar-refractivity contribution in [3.05, 3.63) is 88.0 Å². The summed E-state index contributed by atoms with van der Waals surface area (Å²) in [6.07, 6.45) is 1.63. The van der Waals surface area contributed by atoms with Crippen molar-refractivity contribution in [2.24, 2.45) is 0 Å². The standard InChI is InChI=1S/C20H18N6O2/c1-14-10-15(2)25(22-14)18-8-6-16(7-9-18)12-24-13-21-20(23-24)17-4-3-5-19(11-17)26(27)28/h3-11,13H,12H2,1-2H3. The maximum absolute atomic E-state index is 10.9. The Morgan fingerprint density at radius 2 is 1.82 bits per heavy atom. The molecule has 0 saturated heterocycles. The molecule has 0 bridgehead atoms. The molecular weight excluding hydrogens is 356 g/mol. The smallest absolute Gasteiger partial charge is 0.258 e. The maximum Gasteiger partial charge on any atom is 0.270 e. The zero-order chi connectivity index (χ0) is 19.7. The Kier molecular flexibility index (Phi) is 4.44. The minimum atomic E-state index is -0.426. The largest absolute Gasteiger partial charge is 0.270 e. The number of hydrogen-bond donors (Lipinski definition) is 0. The van der Waals surface area contributed by atoms with Crippen molar-refractivity contribution < 1.29 is 4.92 Å². The van der Waals surface area contributed by atoms with Crippen LogP contribution in [0.5, 0.6) is 0 Å². The second-order valence-corrected chi connectivity index (χ2v) is 6.58. The third-order valence-corrected chi connectivity index (χ3v) is 4.39. The lowest BCUT2D eigenvalue weighted by Gasteiger charge is -2.06. The molecule has 8 heteroatoms. The van der Waals surface area contributed by atoms with E-state index in [0.717, 1.165) is 22.6 Å². The Morgan fingerprint density at radius 3 is 2.50 bits per heavy atom. The third kappa shape index (κ3) is 3.52. The van der Waals surface area contributed by atoms with Gasteiger partial charge >= 0.3 is 0 Å². The molecule has 4 aromatic rings. The summed E-state index contributed by atoms with van der Waals surface area (Å²) in [5.74, 6) is 0.461. The van der Waals surface area contributed by atoms with E-state index in [1.807, 2.05) is 48.9 Å². The highest BCUT2D eigenvalue weighted by atomic mass is 16.6. The normalized spacial score (nSPS) is 10.9. The number of non-ortho nitro benzene ring substituents is 1. The molecule has 0 N–H and O–H groups in total. The molecule has 0 radical (unpaired) electrons. The Hall–Kier alpha value is -3.81. The summed E-state index contributed by atoms with van der Waals surface area (Å²) in [6.45, 7) is 4.56. The van der Waals surface area contributed by atoms with Gasteiger partial charge in [-0.15, -0.1) is 0 Å². The summed E-state index contributed by atoms with van der Waals surface area (Å²) < 4.78 is 3.63. The summed E-state index contributed by atoms with van der Waals surface area (Å²) in [5, 5.41) is 19.9. The van der Waals surface area contributed by atoms with Gasteiger partial charge in [0.1, 0.15) is 6.33 Å². The summed E-state index contributed by atoms with van der Waals surface area (Å²) in [4.78, 5) is 14.8. The van der Waals surface area contributed by atoms with Gasteiger partial charge in [-0.25, -0.2) is 14.3 Å². The van der Waals surface area contributed by atoms with E-state index in [4.69, 9.17) is 0 Å². The highest BCUT2D eigenvalue weighted by Crippen LogP contribution is 2.21. The van der Waals surface area contributed by atoms with Gasteiger partial charge in [-0.05, 0) is 37.6 Å². The van der Waals surface area contributed by atoms with E-state index in [2.05, 4.69) is 15.2 Å². The average Bonchev–Trinajstić information content (AvgIpc) is 3.28. The van der Waals surface area contributed by atoms with Crippen LogP contribution < -0.4 is 0 Å². The molecule has 28 heavy (non-hydrogen) atoms. The van der Waals surface area contributed by atoms with Gasteiger partial charge in [0.25, 0.3) is 5.69 Å².